The van der Waals surface area contributed by atoms with Gasteiger partial charge in [-0.15, -0.1) is 0 Å². The van der Waals surface area contributed by atoms with Gasteiger partial charge in [-0.25, -0.2) is 4.98 Å². The van der Waals surface area contributed by atoms with Crippen LogP contribution in [0.1, 0.15) is 18.1 Å². The average molecular weight is 296 g/mol. The summed E-state index contributed by atoms with van der Waals surface area (Å²) in [6, 6.07) is 1.53. The summed E-state index contributed by atoms with van der Waals surface area (Å²) in [6.45, 7) is 0. The van der Waals surface area contributed by atoms with Crippen LogP contribution in [0.25, 0.3) is 0 Å². The van der Waals surface area contributed by atoms with Gasteiger partial charge in [0.2, 0.25) is 0 Å². The van der Waals surface area contributed by atoms with Crippen molar-refractivity contribution in [3.8, 4) is 0 Å². The highest BCUT2D eigenvalue weighted by molar-refractivity contribution is 9.09. The van der Waals surface area contributed by atoms with Crippen LogP contribution in [0, 0.1) is 0 Å². The van der Waals surface area contributed by atoms with Gasteiger partial charge in [0.25, 0.3) is 0 Å². The van der Waals surface area contributed by atoms with Gasteiger partial charge >= 0.3 is 0 Å². The van der Waals surface area contributed by atoms with Gasteiger partial charge in [-0.3, -0.25) is 0 Å². The molecule has 0 fully saturated rings. The van der Waals surface area contributed by atoms with Crippen molar-refractivity contribution in [1.29, 1.82) is 0 Å². The van der Waals surface area contributed by atoms with Gasteiger partial charge in [-0.05, 0) is 12.5 Å². The summed E-state index contributed by atoms with van der Waals surface area (Å²) < 4.78 is 0. The van der Waals surface area contributed by atoms with Crippen LogP contribution in [0.3, 0.4) is 0 Å². The monoisotopic (exact) mass is 294 g/mol. The predicted octanol–water partition coefficient (Wildman–Crippen LogP) is 1.50. The number of aliphatic hydroxyl groups is 2. The van der Waals surface area contributed by atoms with Gasteiger partial charge in [0.05, 0.1) is 6.10 Å². The van der Waals surface area contributed by atoms with Gasteiger partial charge in [0, 0.05) is 22.8 Å². The Morgan fingerprint density at radius 3 is 2.73 bits per heavy atom. The van der Waals surface area contributed by atoms with Crippen molar-refractivity contribution in [2.24, 2.45) is 0 Å². The van der Waals surface area contributed by atoms with Crippen molar-refractivity contribution >= 4 is 33.2 Å². The normalized spacial score (nSPS) is 14.9. The summed E-state index contributed by atoms with van der Waals surface area (Å²) in [7, 11) is 0. The van der Waals surface area contributed by atoms with Crippen LogP contribution in [0.4, 0.5) is 5.69 Å². The van der Waals surface area contributed by atoms with Crippen molar-refractivity contribution in [3.05, 3.63) is 23.0 Å². The van der Waals surface area contributed by atoms with Crippen LogP contribution in [-0.4, -0.2) is 26.6 Å². The van der Waals surface area contributed by atoms with Gasteiger partial charge in [-0.1, -0.05) is 27.5 Å². The summed E-state index contributed by atoms with van der Waals surface area (Å²) in [5.74, 6) is 0. The smallest absolute Gasteiger partial charge is 0.136 e. The Kier molecular flexibility index (Phi) is 4.79. The first kappa shape index (κ1) is 12.7. The number of halogens is 2. The number of aliphatic hydroxyl groups excluding tert-OH is 2. The number of anilines is 1. The van der Waals surface area contributed by atoms with Crippen molar-refractivity contribution in [1.82, 2.24) is 4.98 Å². The molecular weight excluding hydrogens is 283 g/mol. The van der Waals surface area contributed by atoms with E-state index in [2.05, 4.69) is 20.9 Å². The fraction of sp³-hybridized carbons (Fsp3) is 0.444. The van der Waals surface area contributed by atoms with Gasteiger partial charge in [0.1, 0.15) is 11.3 Å². The number of pyridine rings is 1. The summed E-state index contributed by atoms with van der Waals surface area (Å²) in [5, 5.41) is 20.1. The number of alkyl halides is 1. The first-order valence-electron chi connectivity index (χ1n) is 4.40. The number of hydrogen-bond acceptors (Lipinski definition) is 4. The molecule has 0 saturated heterocycles. The largest absolute Gasteiger partial charge is 0.398 e. The Morgan fingerprint density at radius 2 is 2.20 bits per heavy atom. The van der Waals surface area contributed by atoms with E-state index in [1.165, 1.54) is 12.3 Å². The molecule has 6 heteroatoms. The number of rotatable bonds is 4. The molecule has 1 rings (SSSR count). The first-order chi connectivity index (χ1) is 7.07. The van der Waals surface area contributed by atoms with E-state index < -0.39 is 12.2 Å². The molecule has 0 radical (unpaired) electrons. The number of nitrogens with two attached hydrogens (primary N) is 1. The lowest BCUT2D eigenvalue weighted by atomic mass is 10.0. The van der Waals surface area contributed by atoms with Crippen LogP contribution < -0.4 is 5.73 Å². The predicted molar refractivity (Wildman–Crippen MR) is 63.0 cm³/mol. The van der Waals surface area contributed by atoms with Gasteiger partial charge in [0.15, 0.2) is 0 Å². The minimum atomic E-state index is -1.11. The molecule has 1 heterocycles. The molecule has 15 heavy (non-hydrogen) atoms. The summed E-state index contributed by atoms with van der Waals surface area (Å²) in [5.41, 5.74) is 6.26. The van der Waals surface area contributed by atoms with Crippen LogP contribution in [-0.2, 0) is 0 Å². The topological polar surface area (TPSA) is 79.4 Å². The molecule has 0 saturated carbocycles. The van der Waals surface area contributed by atoms with E-state index in [4.69, 9.17) is 17.3 Å². The van der Waals surface area contributed by atoms with E-state index in [0.717, 1.165) is 0 Å². The minimum Gasteiger partial charge on any atom is -0.398 e. The maximum absolute atomic E-state index is 9.81. The lowest BCUT2D eigenvalue weighted by molar-refractivity contribution is 0.0176. The molecule has 1 aromatic heterocycles. The maximum atomic E-state index is 9.81. The highest BCUT2D eigenvalue weighted by Crippen LogP contribution is 2.29. The van der Waals surface area contributed by atoms with Crippen LogP contribution in [0.15, 0.2) is 12.3 Å². The zero-order chi connectivity index (χ0) is 11.4. The Morgan fingerprint density at radius 1 is 1.53 bits per heavy atom. The molecule has 2 unspecified atom stereocenters. The maximum Gasteiger partial charge on any atom is 0.136 e. The number of nitrogens with zero attached hydrogens (tertiary/aromatic N) is 1. The van der Waals surface area contributed by atoms with Crippen molar-refractivity contribution < 1.29 is 10.2 Å². The molecule has 0 spiro atoms. The van der Waals surface area contributed by atoms with E-state index >= 15 is 0 Å². The summed E-state index contributed by atoms with van der Waals surface area (Å²) in [6.07, 6.45) is -0.159. The van der Waals surface area contributed by atoms with Crippen LogP contribution >= 0.6 is 27.5 Å². The molecule has 84 valence electrons. The molecule has 0 aliphatic heterocycles. The molecule has 1 aromatic rings. The Balaban J connectivity index is 2.94. The Bertz CT molecular complexity index is 318. The SMILES string of the molecule is Nc1ccnc(Cl)c1C(O)C(O)CCBr. The lowest BCUT2D eigenvalue weighted by Gasteiger charge is -2.19. The highest BCUT2D eigenvalue weighted by atomic mass is 79.9. The van der Waals surface area contributed by atoms with E-state index in [0.29, 0.717) is 17.4 Å². The van der Waals surface area contributed by atoms with Crippen molar-refractivity contribution in [3.63, 3.8) is 0 Å². The molecule has 0 aromatic carbocycles. The van der Waals surface area contributed by atoms with E-state index in [9.17, 15) is 10.2 Å². The molecule has 2 atom stereocenters. The number of aromatic nitrogens is 1. The summed E-state index contributed by atoms with van der Waals surface area (Å²) in [4.78, 5) is 3.81. The van der Waals surface area contributed by atoms with Crippen molar-refractivity contribution in [2.45, 2.75) is 18.6 Å². The summed E-state index contributed by atoms with van der Waals surface area (Å²) >= 11 is 8.97. The Hall–Kier alpha value is -0.360. The molecule has 0 bridgehead atoms. The fourth-order valence-corrected chi connectivity index (χ4v) is 1.96. The Labute approximate surface area is 101 Å². The van der Waals surface area contributed by atoms with E-state index in [-0.39, 0.29) is 10.7 Å². The van der Waals surface area contributed by atoms with Crippen molar-refractivity contribution in [2.75, 3.05) is 11.1 Å². The third-order valence-electron chi connectivity index (χ3n) is 2.04. The molecular formula is C9H12BrClN2O2. The molecule has 4 nitrogen and oxygen atoms in total. The lowest BCUT2D eigenvalue weighted by Crippen LogP contribution is -2.20. The third kappa shape index (κ3) is 3.04. The van der Waals surface area contributed by atoms with Crippen LogP contribution in [0.5, 0.6) is 0 Å². The third-order valence-corrected chi connectivity index (χ3v) is 2.80. The molecule has 4 N–H and O–H groups in total. The zero-order valence-electron chi connectivity index (χ0n) is 7.90. The highest BCUT2D eigenvalue weighted by Gasteiger charge is 2.22. The standard InChI is InChI=1S/C9H12BrClN2O2/c10-3-1-6(14)8(15)7-5(12)2-4-13-9(7)11/h2,4,6,8,14-15H,1,3H2,(H2,12,13). The molecule has 0 aliphatic rings. The van der Waals surface area contributed by atoms with E-state index in [1.54, 1.807) is 0 Å². The quantitative estimate of drug-likeness (QED) is 0.581. The first-order valence-corrected chi connectivity index (χ1v) is 5.89. The number of hydrogen-bond donors (Lipinski definition) is 3. The zero-order valence-corrected chi connectivity index (χ0v) is 10.2. The fourth-order valence-electron chi connectivity index (χ4n) is 1.22. The second-order valence-corrected chi connectivity index (χ2v) is 4.25. The van der Waals surface area contributed by atoms with Gasteiger partial charge in [-0.2, -0.15) is 0 Å². The van der Waals surface area contributed by atoms with Gasteiger partial charge < -0.3 is 15.9 Å². The second kappa shape index (κ2) is 5.65. The molecule has 0 amide bonds. The molecule has 0 aliphatic carbocycles. The average Bonchev–Trinajstić information content (AvgIpc) is 2.17. The van der Waals surface area contributed by atoms with Crippen LogP contribution in [0.2, 0.25) is 5.15 Å². The van der Waals surface area contributed by atoms with E-state index in [1.807, 2.05) is 0 Å². The number of nitrogen functional groups attached to an aromatic ring is 1. The minimum absolute atomic E-state index is 0.121. The second-order valence-electron chi connectivity index (χ2n) is 3.09.